The van der Waals surface area contributed by atoms with Gasteiger partial charge in [0.15, 0.2) is 12.4 Å². The van der Waals surface area contributed by atoms with Gasteiger partial charge in [-0.3, -0.25) is 4.79 Å². The van der Waals surface area contributed by atoms with Crippen LogP contribution >= 0.6 is 0 Å². The number of aliphatic hydroxyl groups excluding tert-OH is 1. The van der Waals surface area contributed by atoms with Gasteiger partial charge in [0.05, 0.1) is 37.6 Å². The normalized spacial score (nSPS) is 53.6. The molecule has 1 N–H and O–H groups in total. The van der Waals surface area contributed by atoms with E-state index >= 15 is 0 Å². The van der Waals surface area contributed by atoms with E-state index in [0.29, 0.717) is 55.2 Å². The molecule has 6 aliphatic carbocycles. The Balaban J connectivity index is 0.936. The summed E-state index contributed by atoms with van der Waals surface area (Å²) in [7, 11) is 0. The van der Waals surface area contributed by atoms with Crippen LogP contribution in [0.25, 0.3) is 0 Å². The van der Waals surface area contributed by atoms with Gasteiger partial charge in [0.1, 0.15) is 5.60 Å². The zero-order valence-corrected chi connectivity index (χ0v) is 31.0. The molecule has 9 fully saturated rings. The second kappa shape index (κ2) is 10.6. The average Bonchev–Trinajstić information content (AvgIpc) is 3.94. The zero-order chi connectivity index (χ0) is 34.5. The van der Waals surface area contributed by atoms with Crippen molar-refractivity contribution in [3.8, 4) is 0 Å². The lowest BCUT2D eigenvalue weighted by Gasteiger charge is -2.64. The summed E-state index contributed by atoms with van der Waals surface area (Å²) in [6.07, 6.45) is 9.52. The highest BCUT2D eigenvalue weighted by Crippen LogP contribution is 2.89. The number of ether oxygens (including phenoxy) is 5. The van der Waals surface area contributed by atoms with E-state index in [9.17, 15) is 14.7 Å². The van der Waals surface area contributed by atoms with E-state index in [-0.39, 0.29) is 58.1 Å². The van der Waals surface area contributed by atoms with Gasteiger partial charge in [0.2, 0.25) is 5.91 Å². The standard InChI is InChI=1S/C40H61NO8/c1-22-18-24(33-36(4,5)49-34(44)48-33)46-31-30(22)37(6)14-15-40-21-39(40)13-12-27(35(2,3)25(39)10-11-26(40)38(37,7)32(31)43)47-29-20-41(16-17-45-29)28(42)19-23-8-9-23/h22-27,29-33,43H,8-21H2,1-7H3/t22-,24-,25+,26+,27+,29+,30+,31+,32+,33+,37-,38-,39-,40+/m1/s1. The highest BCUT2D eigenvalue weighted by atomic mass is 16.8. The Bertz CT molecular complexity index is 1400. The monoisotopic (exact) mass is 683 g/mol. The van der Waals surface area contributed by atoms with Crippen LogP contribution in [-0.4, -0.2) is 84.2 Å². The van der Waals surface area contributed by atoms with Crippen molar-refractivity contribution in [3.63, 3.8) is 0 Å². The number of hydrogen-bond donors (Lipinski definition) is 1. The van der Waals surface area contributed by atoms with Gasteiger partial charge in [-0.05, 0) is 129 Å². The molecule has 3 saturated heterocycles. The smallest absolute Gasteiger partial charge is 0.424 e. The Morgan fingerprint density at radius 1 is 0.980 bits per heavy atom. The van der Waals surface area contributed by atoms with E-state index in [2.05, 4.69) is 34.6 Å². The van der Waals surface area contributed by atoms with Gasteiger partial charge in [0.25, 0.3) is 0 Å². The fourth-order valence-corrected chi connectivity index (χ4v) is 14.6. The molecule has 0 radical (unpaired) electrons. The van der Waals surface area contributed by atoms with Crippen LogP contribution < -0.4 is 0 Å². The first kappa shape index (κ1) is 33.4. The molecule has 49 heavy (non-hydrogen) atoms. The number of morpholine rings is 1. The van der Waals surface area contributed by atoms with Crippen molar-refractivity contribution in [2.45, 2.75) is 162 Å². The SMILES string of the molecule is C[C@@H]1C[C@H]([C@@H]2OC(=O)OC2(C)C)O[C@H]2[C@H]1[C@@]1(C)CC[C@@]34C[C@@]35CC[C@H](O[C@H]3CN(C(=O)CC6CC6)CCO3)C(C)(C)[C@@H]5CC[C@H]4[C@]1(C)[C@H]2O. The second-order valence-corrected chi connectivity index (χ2v) is 20.0. The van der Waals surface area contributed by atoms with Gasteiger partial charge in [-0.2, -0.15) is 0 Å². The number of fused-ring (bicyclic) bond motifs is 4. The van der Waals surface area contributed by atoms with Crippen LogP contribution in [0.5, 0.6) is 0 Å². The second-order valence-electron chi connectivity index (χ2n) is 20.0. The van der Waals surface area contributed by atoms with Crippen molar-refractivity contribution in [1.82, 2.24) is 4.90 Å². The molecule has 0 aromatic rings. The lowest BCUT2D eigenvalue weighted by Crippen LogP contribution is -2.60. The number of amides is 1. The molecule has 274 valence electrons. The molecular weight excluding hydrogens is 622 g/mol. The molecule has 3 heterocycles. The first-order valence-electron chi connectivity index (χ1n) is 19.9. The van der Waals surface area contributed by atoms with E-state index in [1.165, 1.54) is 32.1 Å². The molecule has 14 atom stereocenters. The van der Waals surface area contributed by atoms with Crippen molar-refractivity contribution >= 4 is 12.1 Å². The van der Waals surface area contributed by atoms with E-state index in [1.807, 2.05) is 18.7 Å². The predicted octanol–water partition coefficient (Wildman–Crippen LogP) is 6.48. The molecular formula is C40H61NO8. The van der Waals surface area contributed by atoms with Crippen molar-refractivity contribution in [1.29, 1.82) is 0 Å². The Hall–Kier alpha value is -1.42. The zero-order valence-electron chi connectivity index (χ0n) is 31.0. The molecule has 9 aliphatic rings. The summed E-state index contributed by atoms with van der Waals surface area (Å²) in [6, 6.07) is 0. The summed E-state index contributed by atoms with van der Waals surface area (Å²) in [4.78, 5) is 27.1. The van der Waals surface area contributed by atoms with Gasteiger partial charge in [0, 0.05) is 18.4 Å². The van der Waals surface area contributed by atoms with Crippen LogP contribution in [0.4, 0.5) is 4.79 Å². The summed E-state index contributed by atoms with van der Waals surface area (Å²) < 4.78 is 31.1. The lowest BCUT2D eigenvalue weighted by atomic mass is 9.41. The summed E-state index contributed by atoms with van der Waals surface area (Å²) in [6.45, 7) is 17.7. The van der Waals surface area contributed by atoms with Crippen LogP contribution in [0, 0.1) is 56.7 Å². The highest BCUT2D eigenvalue weighted by Gasteiger charge is 2.84. The molecule has 0 aromatic carbocycles. The van der Waals surface area contributed by atoms with Crippen LogP contribution in [-0.2, 0) is 28.5 Å². The summed E-state index contributed by atoms with van der Waals surface area (Å²) in [5.74, 6) is 2.48. The molecule has 0 bridgehead atoms. The van der Waals surface area contributed by atoms with E-state index < -0.39 is 24.0 Å². The first-order valence-corrected chi connectivity index (χ1v) is 19.9. The maximum absolute atomic E-state index is 12.9. The van der Waals surface area contributed by atoms with Crippen molar-refractivity contribution < 1.29 is 38.4 Å². The summed E-state index contributed by atoms with van der Waals surface area (Å²) >= 11 is 0. The van der Waals surface area contributed by atoms with Crippen LogP contribution in [0.2, 0.25) is 0 Å². The lowest BCUT2D eigenvalue weighted by molar-refractivity contribution is -0.248. The van der Waals surface area contributed by atoms with E-state index in [0.717, 1.165) is 32.1 Å². The van der Waals surface area contributed by atoms with Gasteiger partial charge in [-0.15, -0.1) is 0 Å². The molecule has 9 rings (SSSR count). The Kier molecular flexibility index (Phi) is 7.22. The number of hydrogen-bond acceptors (Lipinski definition) is 8. The third kappa shape index (κ3) is 4.43. The molecule has 1 amide bonds. The van der Waals surface area contributed by atoms with Gasteiger partial charge < -0.3 is 33.7 Å². The number of carbonyl (C=O) groups is 2. The molecule has 6 saturated carbocycles. The highest BCUT2D eigenvalue weighted by molar-refractivity contribution is 5.76. The molecule has 9 nitrogen and oxygen atoms in total. The Morgan fingerprint density at radius 3 is 2.43 bits per heavy atom. The largest absolute Gasteiger partial charge is 0.509 e. The minimum absolute atomic E-state index is 0.00124. The van der Waals surface area contributed by atoms with Gasteiger partial charge in [-0.1, -0.05) is 34.6 Å². The molecule has 3 aliphatic heterocycles. The van der Waals surface area contributed by atoms with Crippen molar-refractivity contribution in [2.75, 3.05) is 19.7 Å². The van der Waals surface area contributed by atoms with Crippen molar-refractivity contribution in [2.24, 2.45) is 56.7 Å². The fraction of sp³-hybridized carbons (Fsp3) is 0.950. The van der Waals surface area contributed by atoms with E-state index in [4.69, 9.17) is 23.7 Å². The third-order valence-electron chi connectivity index (χ3n) is 17.2. The first-order chi connectivity index (χ1) is 23.1. The number of aliphatic hydroxyl groups is 1. The minimum atomic E-state index is -0.757. The van der Waals surface area contributed by atoms with Crippen LogP contribution in [0.3, 0.4) is 0 Å². The molecule has 2 spiro atoms. The van der Waals surface area contributed by atoms with E-state index in [1.54, 1.807) is 0 Å². The minimum Gasteiger partial charge on any atom is -0.424 e. The van der Waals surface area contributed by atoms with Gasteiger partial charge >= 0.3 is 6.16 Å². The molecule has 0 unspecified atom stereocenters. The van der Waals surface area contributed by atoms with Gasteiger partial charge in [-0.25, -0.2) is 4.79 Å². The molecule has 9 heteroatoms. The number of carbonyl (C=O) groups excluding carboxylic acids is 2. The predicted molar refractivity (Wildman–Crippen MR) is 180 cm³/mol. The number of cyclic esters (lactones) is 2. The van der Waals surface area contributed by atoms with Crippen LogP contribution in [0.15, 0.2) is 0 Å². The van der Waals surface area contributed by atoms with Crippen molar-refractivity contribution in [3.05, 3.63) is 0 Å². The quantitative estimate of drug-likeness (QED) is 0.329. The number of nitrogens with zero attached hydrogens (tertiary/aromatic N) is 1. The molecule has 0 aromatic heterocycles. The Morgan fingerprint density at radius 2 is 1.71 bits per heavy atom. The summed E-state index contributed by atoms with van der Waals surface area (Å²) in [5.41, 5.74) is -0.478. The maximum atomic E-state index is 12.9. The van der Waals surface area contributed by atoms with Crippen LogP contribution in [0.1, 0.15) is 119 Å². The maximum Gasteiger partial charge on any atom is 0.509 e. The fourth-order valence-electron chi connectivity index (χ4n) is 14.6. The Labute approximate surface area is 292 Å². The average molecular weight is 684 g/mol. The third-order valence-corrected chi connectivity index (χ3v) is 17.2. The summed E-state index contributed by atoms with van der Waals surface area (Å²) in [5, 5.41) is 12.6. The topological polar surface area (TPSA) is 104 Å². The number of rotatable bonds is 5.